The number of aryl methyl sites for hydroxylation is 1. The summed E-state index contributed by atoms with van der Waals surface area (Å²) in [4.78, 5) is 16.7. The summed E-state index contributed by atoms with van der Waals surface area (Å²) in [6.07, 6.45) is 10.1. The molecule has 0 N–H and O–H groups in total. The van der Waals surface area contributed by atoms with Crippen molar-refractivity contribution < 1.29 is 0 Å². The fourth-order valence-corrected chi connectivity index (χ4v) is 4.15. The molecule has 5 heteroatoms. The second-order valence-electron chi connectivity index (χ2n) is 8.87. The van der Waals surface area contributed by atoms with E-state index in [1.54, 1.807) is 0 Å². The van der Waals surface area contributed by atoms with Crippen molar-refractivity contribution in [3.8, 4) is 0 Å². The van der Waals surface area contributed by atoms with Gasteiger partial charge < -0.3 is 14.7 Å². The molecule has 2 rings (SSSR count). The Balaban J connectivity index is 1.81. The molecule has 27 heavy (non-hydrogen) atoms. The van der Waals surface area contributed by atoms with Crippen LogP contribution in [-0.2, 0) is 6.42 Å². The lowest BCUT2D eigenvalue weighted by molar-refractivity contribution is 0.227. The van der Waals surface area contributed by atoms with Crippen molar-refractivity contribution in [3.63, 3.8) is 0 Å². The molecule has 154 valence electrons. The highest BCUT2D eigenvalue weighted by molar-refractivity contribution is 5.35. The lowest BCUT2D eigenvalue weighted by Crippen LogP contribution is -2.57. The second-order valence-corrected chi connectivity index (χ2v) is 8.87. The SMILES string of the molecule is CCC1CN(C)CC(C)N1c1ncc(CCCN(C)CCCC(C)C)cn1. The molecule has 2 atom stereocenters. The van der Waals surface area contributed by atoms with Crippen LogP contribution in [0.2, 0.25) is 0 Å². The van der Waals surface area contributed by atoms with Gasteiger partial charge >= 0.3 is 0 Å². The predicted octanol–water partition coefficient (Wildman–Crippen LogP) is 3.70. The van der Waals surface area contributed by atoms with E-state index in [0.717, 1.165) is 44.3 Å². The molecule has 0 aromatic carbocycles. The first-order chi connectivity index (χ1) is 12.9. The van der Waals surface area contributed by atoms with Gasteiger partial charge in [-0.15, -0.1) is 0 Å². The zero-order valence-electron chi connectivity index (χ0n) is 18.5. The van der Waals surface area contributed by atoms with Crippen LogP contribution >= 0.6 is 0 Å². The molecule has 5 nitrogen and oxygen atoms in total. The highest BCUT2D eigenvalue weighted by Crippen LogP contribution is 2.22. The smallest absolute Gasteiger partial charge is 0.225 e. The van der Waals surface area contributed by atoms with E-state index in [9.17, 15) is 0 Å². The zero-order valence-corrected chi connectivity index (χ0v) is 18.5. The van der Waals surface area contributed by atoms with E-state index in [-0.39, 0.29) is 0 Å². The molecule has 1 saturated heterocycles. The van der Waals surface area contributed by atoms with Gasteiger partial charge in [0.2, 0.25) is 5.95 Å². The van der Waals surface area contributed by atoms with Gasteiger partial charge in [-0.25, -0.2) is 9.97 Å². The first-order valence-corrected chi connectivity index (χ1v) is 10.9. The van der Waals surface area contributed by atoms with E-state index >= 15 is 0 Å². The third kappa shape index (κ3) is 7.04. The maximum atomic E-state index is 4.73. The van der Waals surface area contributed by atoms with E-state index < -0.39 is 0 Å². The Kier molecular flexibility index (Phi) is 8.97. The first-order valence-electron chi connectivity index (χ1n) is 10.9. The summed E-state index contributed by atoms with van der Waals surface area (Å²) in [6.45, 7) is 13.7. The summed E-state index contributed by atoms with van der Waals surface area (Å²) < 4.78 is 0. The van der Waals surface area contributed by atoms with Crippen molar-refractivity contribution in [1.29, 1.82) is 0 Å². The largest absolute Gasteiger partial charge is 0.333 e. The maximum Gasteiger partial charge on any atom is 0.225 e. The standard InChI is InChI=1S/C22H41N5/c1-7-21-17-26(6)16-19(4)27(21)22-23-14-20(15-24-22)11-9-13-25(5)12-8-10-18(2)3/h14-15,18-19,21H,7-13,16-17H2,1-6H3. The summed E-state index contributed by atoms with van der Waals surface area (Å²) >= 11 is 0. The van der Waals surface area contributed by atoms with Gasteiger partial charge in [0, 0.05) is 37.6 Å². The minimum atomic E-state index is 0.457. The van der Waals surface area contributed by atoms with Gasteiger partial charge in [0.15, 0.2) is 0 Å². The number of rotatable bonds is 10. The summed E-state index contributed by atoms with van der Waals surface area (Å²) in [7, 11) is 4.44. The molecule has 1 fully saturated rings. The van der Waals surface area contributed by atoms with E-state index in [1.807, 2.05) is 12.4 Å². The van der Waals surface area contributed by atoms with Crippen molar-refractivity contribution in [1.82, 2.24) is 19.8 Å². The Morgan fingerprint density at radius 3 is 2.44 bits per heavy atom. The zero-order chi connectivity index (χ0) is 19.8. The average Bonchev–Trinajstić information content (AvgIpc) is 2.61. The summed E-state index contributed by atoms with van der Waals surface area (Å²) in [5.41, 5.74) is 1.25. The van der Waals surface area contributed by atoms with Crippen LogP contribution in [0.5, 0.6) is 0 Å². The molecule has 0 amide bonds. The quantitative estimate of drug-likeness (QED) is 0.623. The molecular formula is C22H41N5. The van der Waals surface area contributed by atoms with E-state index in [0.29, 0.717) is 12.1 Å². The van der Waals surface area contributed by atoms with Crippen LogP contribution in [0.25, 0.3) is 0 Å². The molecule has 0 bridgehead atoms. The van der Waals surface area contributed by atoms with Crippen LogP contribution in [0, 0.1) is 5.92 Å². The van der Waals surface area contributed by atoms with Crippen LogP contribution in [0.4, 0.5) is 5.95 Å². The van der Waals surface area contributed by atoms with Crippen LogP contribution < -0.4 is 4.90 Å². The molecule has 0 saturated carbocycles. The number of likely N-dealkylation sites (N-methyl/N-ethyl adjacent to an activating group) is 1. The molecule has 0 spiro atoms. The molecule has 1 aliphatic rings. The lowest BCUT2D eigenvalue weighted by atomic mass is 10.1. The molecular weight excluding hydrogens is 334 g/mol. The third-order valence-corrected chi connectivity index (χ3v) is 5.69. The molecule has 0 radical (unpaired) electrons. The first kappa shape index (κ1) is 22.1. The molecule has 2 unspecified atom stereocenters. The Labute approximate surface area is 167 Å². The number of hydrogen-bond acceptors (Lipinski definition) is 5. The van der Waals surface area contributed by atoms with E-state index in [2.05, 4.69) is 56.5 Å². The van der Waals surface area contributed by atoms with Gasteiger partial charge in [-0.1, -0.05) is 20.8 Å². The Hall–Kier alpha value is -1.20. The highest BCUT2D eigenvalue weighted by atomic mass is 15.4. The van der Waals surface area contributed by atoms with E-state index in [1.165, 1.54) is 31.4 Å². The summed E-state index contributed by atoms with van der Waals surface area (Å²) in [5.74, 6) is 1.71. The monoisotopic (exact) mass is 375 g/mol. The Bertz CT molecular complexity index is 530. The molecule has 1 aliphatic heterocycles. The molecule has 2 heterocycles. The minimum Gasteiger partial charge on any atom is -0.333 e. The topological polar surface area (TPSA) is 35.5 Å². The van der Waals surface area contributed by atoms with Gasteiger partial charge in [0.1, 0.15) is 0 Å². The average molecular weight is 376 g/mol. The Morgan fingerprint density at radius 1 is 1.15 bits per heavy atom. The van der Waals surface area contributed by atoms with Crippen LogP contribution in [0.15, 0.2) is 12.4 Å². The van der Waals surface area contributed by atoms with Gasteiger partial charge in [0.25, 0.3) is 0 Å². The van der Waals surface area contributed by atoms with Crippen LogP contribution in [0.1, 0.15) is 58.9 Å². The fourth-order valence-electron chi connectivity index (χ4n) is 4.15. The van der Waals surface area contributed by atoms with Crippen LogP contribution in [0.3, 0.4) is 0 Å². The van der Waals surface area contributed by atoms with Crippen molar-refractivity contribution in [2.24, 2.45) is 5.92 Å². The van der Waals surface area contributed by atoms with Crippen molar-refractivity contribution >= 4 is 5.95 Å². The van der Waals surface area contributed by atoms with Crippen LogP contribution in [-0.4, -0.2) is 72.1 Å². The van der Waals surface area contributed by atoms with Gasteiger partial charge in [-0.2, -0.15) is 0 Å². The molecule has 1 aromatic heterocycles. The third-order valence-electron chi connectivity index (χ3n) is 5.69. The van der Waals surface area contributed by atoms with E-state index in [4.69, 9.17) is 9.97 Å². The van der Waals surface area contributed by atoms with Crippen molar-refractivity contribution in [2.75, 3.05) is 45.2 Å². The molecule has 1 aromatic rings. The highest BCUT2D eigenvalue weighted by Gasteiger charge is 2.31. The van der Waals surface area contributed by atoms with Crippen molar-refractivity contribution in [2.45, 2.75) is 71.9 Å². The minimum absolute atomic E-state index is 0.457. The lowest BCUT2D eigenvalue weighted by Gasteiger charge is -2.44. The fraction of sp³-hybridized carbons (Fsp3) is 0.818. The number of nitrogens with zero attached hydrogens (tertiary/aromatic N) is 5. The number of anilines is 1. The maximum absolute atomic E-state index is 4.73. The summed E-state index contributed by atoms with van der Waals surface area (Å²) in [5, 5.41) is 0. The predicted molar refractivity (Wildman–Crippen MR) is 115 cm³/mol. The normalized spacial score (nSPS) is 21.4. The van der Waals surface area contributed by atoms with Crippen molar-refractivity contribution in [3.05, 3.63) is 18.0 Å². The number of hydrogen-bond donors (Lipinski definition) is 0. The van der Waals surface area contributed by atoms with Gasteiger partial charge in [-0.05, 0) is 77.7 Å². The Morgan fingerprint density at radius 2 is 1.81 bits per heavy atom. The number of aromatic nitrogens is 2. The van der Waals surface area contributed by atoms with Gasteiger partial charge in [-0.3, -0.25) is 0 Å². The summed E-state index contributed by atoms with van der Waals surface area (Å²) in [6, 6.07) is 0.961. The second kappa shape index (κ2) is 11.0. The molecule has 0 aliphatic carbocycles. The van der Waals surface area contributed by atoms with Gasteiger partial charge in [0.05, 0.1) is 0 Å². The number of piperazine rings is 1.